The topological polar surface area (TPSA) is 79.6 Å². The minimum atomic E-state index is -3.60. The van der Waals surface area contributed by atoms with Gasteiger partial charge in [-0.15, -0.1) is 0 Å². The Morgan fingerprint density at radius 3 is 2.62 bits per heavy atom. The second kappa shape index (κ2) is 7.92. The molecule has 0 aliphatic rings. The van der Waals surface area contributed by atoms with Gasteiger partial charge in [-0.25, -0.2) is 8.42 Å². The molecule has 1 aromatic carbocycles. The van der Waals surface area contributed by atoms with E-state index < -0.39 is 10.0 Å². The smallest absolute Gasteiger partial charge is 0.232 e. The van der Waals surface area contributed by atoms with E-state index in [-0.39, 0.29) is 36.1 Å². The van der Waals surface area contributed by atoms with Crippen LogP contribution in [-0.2, 0) is 21.4 Å². The van der Waals surface area contributed by atoms with Gasteiger partial charge >= 0.3 is 0 Å². The Labute approximate surface area is 150 Å². The third-order valence-corrected chi connectivity index (χ3v) is 4.88. The maximum absolute atomic E-state index is 12.0. The van der Waals surface area contributed by atoms with Crippen LogP contribution >= 0.6 is 23.2 Å². The number of hydrogen-bond acceptors (Lipinski definition) is 4. The van der Waals surface area contributed by atoms with Gasteiger partial charge in [-0.1, -0.05) is 23.2 Å². The van der Waals surface area contributed by atoms with E-state index in [1.54, 1.807) is 12.1 Å². The average molecular weight is 391 g/mol. The van der Waals surface area contributed by atoms with E-state index in [1.807, 2.05) is 0 Å². The van der Waals surface area contributed by atoms with Crippen molar-refractivity contribution >= 4 is 44.8 Å². The summed E-state index contributed by atoms with van der Waals surface area (Å²) in [6, 6.07) is 7.95. The number of halogens is 2. The predicted molar refractivity (Wildman–Crippen MR) is 93.8 cm³/mol. The molecular formula is C15H16Cl2N2O4S. The Bertz CT molecular complexity index is 807. The molecule has 0 radical (unpaired) electrons. The third kappa shape index (κ3) is 5.15. The summed E-state index contributed by atoms with van der Waals surface area (Å²) in [5.41, 5.74) is 0.280. The van der Waals surface area contributed by atoms with Gasteiger partial charge in [-0.05, 0) is 30.3 Å². The first-order chi connectivity index (χ1) is 11.3. The summed E-state index contributed by atoms with van der Waals surface area (Å²) in [6.45, 7) is 0.205. The average Bonchev–Trinajstić information content (AvgIpc) is 2.99. The van der Waals surface area contributed by atoms with Crippen molar-refractivity contribution in [2.45, 2.75) is 13.0 Å². The molecule has 0 atom stereocenters. The van der Waals surface area contributed by atoms with Crippen LogP contribution in [0.1, 0.15) is 12.2 Å². The molecule has 130 valence electrons. The zero-order chi connectivity index (χ0) is 17.7. The van der Waals surface area contributed by atoms with Crippen LogP contribution in [0.2, 0.25) is 10.0 Å². The van der Waals surface area contributed by atoms with Crippen LogP contribution in [0.25, 0.3) is 0 Å². The molecule has 1 heterocycles. The summed E-state index contributed by atoms with van der Waals surface area (Å²) in [5.74, 6) is 0.314. The Hall–Kier alpha value is -1.70. The van der Waals surface area contributed by atoms with E-state index in [2.05, 4.69) is 5.32 Å². The fraction of sp³-hybridized carbons (Fsp3) is 0.267. The van der Waals surface area contributed by atoms with Crippen molar-refractivity contribution in [3.8, 4) is 0 Å². The third-order valence-electron chi connectivity index (χ3n) is 3.16. The minimum absolute atomic E-state index is 0.0211. The normalized spacial score (nSPS) is 11.3. The van der Waals surface area contributed by atoms with Crippen molar-refractivity contribution in [1.82, 2.24) is 5.32 Å². The SMILES string of the molecule is CS(=O)(=O)N(CCC(=O)NCc1ccco1)c1ccc(Cl)cc1Cl. The molecule has 0 spiro atoms. The van der Waals surface area contributed by atoms with Gasteiger partial charge in [0.15, 0.2) is 0 Å². The van der Waals surface area contributed by atoms with E-state index in [1.165, 1.54) is 24.5 Å². The van der Waals surface area contributed by atoms with E-state index in [4.69, 9.17) is 27.6 Å². The quantitative estimate of drug-likeness (QED) is 0.787. The number of benzene rings is 1. The summed E-state index contributed by atoms with van der Waals surface area (Å²) < 4.78 is 30.2. The lowest BCUT2D eigenvalue weighted by atomic mass is 10.3. The molecule has 9 heteroatoms. The number of nitrogens with one attached hydrogen (secondary N) is 1. The van der Waals surface area contributed by atoms with Crippen LogP contribution in [-0.4, -0.2) is 27.1 Å². The first-order valence-corrected chi connectivity index (χ1v) is 9.59. The van der Waals surface area contributed by atoms with Gasteiger partial charge in [-0.3, -0.25) is 9.10 Å². The monoisotopic (exact) mass is 390 g/mol. The van der Waals surface area contributed by atoms with E-state index in [0.29, 0.717) is 10.8 Å². The molecule has 0 aliphatic carbocycles. The number of anilines is 1. The van der Waals surface area contributed by atoms with E-state index in [9.17, 15) is 13.2 Å². The van der Waals surface area contributed by atoms with Gasteiger partial charge in [0.1, 0.15) is 5.76 Å². The van der Waals surface area contributed by atoms with Crippen molar-refractivity contribution < 1.29 is 17.6 Å². The van der Waals surface area contributed by atoms with Crippen molar-refractivity contribution in [1.29, 1.82) is 0 Å². The standard InChI is InChI=1S/C15H16Cl2N2O4S/c1-24(21,22)19(14-5-4-11(16)9-13(14)17)7-6-15(20)18-10-12-3-2-8-23-12/h2-5,8-9H,6-7,10H2,1H3,(H,18,20). The number of sulfonamides is 1. The van der Waals surface area contributed by atoms with Crippen LogP contribution in [0.5, 0.6) is 0 Å². The zero-order valence-corrected chi connectivity index (χ0v) is 15.2. The summed E-state index contributed by atoms with van der Waals surface area (Å²) in [7, 11) is -3.60. The number of hydrogen-bond donors (Lipinski definition) is 1. The Morgan fingerprint density at radius 2 is 2.04 bits per heavy atom. The second-order valence-corrected chi connectivity index (χ2v) is 7.79. The summed E-state index contributed by atoms with van der Waals surface area (Å²) in [5, 5.41) is 3.25. The molecule has 24 heavy (non-hydrogen) atoms. The van der Waals surface area contributed by atoms with Gasteiger partial charge in [0.25, 0.3) is 0 Å². The minimum Gasteiger partial charge on any atom is -0.467 e. The molecule has 0 bridgehead atoms. The molecule has 1 N–H and O–H groups in total. The maximum atomic E-state index is 12.0. The zero-order valence-electron chi connectivity index (χ0n) is 12.8. The summed E-state index contributed by atoms with van der Waals surface area (Å²) in [6.07, 6.45) is 2.54. The molecule has 0 aliphatic heterocycles. The largest absolute Gasteiger partial charge is 0.467 e. The molecule has 1 aromatic heterocycles. The van der Waals surface area contributed by atoms with Gasteiger partial charge in [0.05, 0.1) is 29.8 Å². The molecule has 0 fully saturated rings. The lowest BCUT2D eigenvalue weighted by Crippen LogP contribution is -2.34. The van der Waals surface area contributed by atoms with Crippen LogP contribution in [0.15, 0.2) is 41.0 Å². The fourth-order valence-corrected chi connectivity index (χ4v) is 3.54. The number of carbonyl (C=O) groups is 1. The number of furan rings is 1. The van der Waals surface area contributed by atoms with Gasteiger partial charge in [-0.2, -0.15) is 0 Å². The molecule has 0 unspecified atom stereocenters. The first-order valence-electron chi connectivity index (χ1n) is 6.99. The molecular weight excluding hydrogens is 375 g/mol. The van der Waals surface area contributed by atoms with Gasteiger partial charge in [0.2, 0.25) is 15.9 Å². The first kappa shape index (κ1) is 18.6. The highest BCUT2D eigenvalue weighted by Crippen LogP contribution is 2.30. The van der Waals surface area contributed by atoms with Crippen molar-refractivity contribution in [2.24, 2.45) is 0 Å². The second-order valence-electron chi connectivity index (χ2n) is 5.04. The Kier molecular flexibility index (Phi) is 6.15. The number of amides is 1. The van der Waals surface area contributed by atoms with Crippen LogP contribution in [0.3, 0.4) is 0 Å². The Morgan fingerprint density at radius 1 is 1.29 bits per heavy atom. The number of carbonyl (C=O) groups excluding carboxylic acids is 1. The van der Waals surface area contributed by atoms with Crippen molar-refractivity contribution in [3.05, 3.63) is 52.4 Å². The highest BCUT2D eigenvalue weighted by Gasteiger charge is 2.21. The highest BCUT2D eigenvalue weighted by atomic mass is 35.5. The molecule has 0 saturated carbocycles. The molecule has 2 rings (SSSR count). The van der Waals surface area contributed by atoms with E-state index in [0.717, 1.165) is 10.6 Å². The summed E-state index contributed by atoms with van der Waals surface area (Å²) in [4.78, 5) is 11.9. The molecule has 0 saturated heterocycles. The van der Waals surface area contributed by atoms with E-state index >= 15 is 0 Å². The molecule has 1 amide bonds. The summed E-state index contributed by atoms with van der Waals surface area (Å²) >= 11 is 11.9. The molecule has 2 aromatic rings. The van der Waals surface area contributed by atoms with Crippen molar-refractivity contribution in [3.63, 3.8) is 0 Å². The van der Waals surface area contributed by atoms with Gasteiger partial charge in [0, 0.05) is 18.0 Å². The Balaban J connectivity index is 2.03. The van der Waals surface area contributed by atoms with Crippen molar-refractivity contribution in [2.75, 3.05) is 17.1 Å². The number of nitrogens with zero attached hydrogens (tertiary/aromatic N) is 1. The van der Waals surface area contributed by atoms with Crippen LogP contribution < -0.4 is 9.62 Å². The van der Waals surface area contributed by atoms with Gasteiger partial charge < -0.3 is 9.73 Å². The van der Waals surface area contributed by atoms with Crippen LogP contribution in [0, 0.1) is 0 Å². The molecule has 6 nitrogen and oxygen atoms in total. The maximum Gasteiger partial charge on any atom is 0.232 e. The lowest BCUT2D eigenvalue weighted by Gasteiger charge is -2.23. The lowest BCUT2D eigenvalue weighted by molar-refractivity contribution is -0.121. The highest BCUT2D eigenvalue weighted by molar-refractivity contribution is 7.92. The van der Waals surface area contributed by atoms with Crippen LogP contribution in [0.4, 0.5) is 5.69 Å². The fourth-order valence-electron chi connectivity index (χ4n) is 2.04. The number of rotatable bonds is 7. The predicted octanol–water partition coefficient (Wildman–Crippen LogP) is 3.06.